The topological polar surface area (TPSA) is 83.1 Å². The molecule has 5 nitrogen and oxygen atoms in total. The van der Waals surface area contributed by atoms with Gasteiger partial charge in [0.1, 0.15) is 5.56 Å². The van der Waals surface area contributed by atoms with Crippen molar-refractivity contribution in [3.63, 3.8) is 0 Å². The first-order valence-corrected chi connectivity index (χ1v) is 7.58. The summed E-state index contributed by atoms with van der Waals surface area (Å²) in [6.45, 7) is 0. The smallest absolute Gasteiger partial charge is 0.341 e. The average Bonchev–Trinajstić information content (AvgIpc) is 2.50. The van der Waals surface area contributed by atoms with E-state index in [1.807, 2.05) is 16.7 Å². The third kappa shape index (κ3) is 1.85. The van der Waals surface area contributed by atoms with Crippen LogP contribution in [0.25, 0.3) is 11.3 Å². The van der Waals surface area contributed by atoms with Crippen LogP contribution in [0.1, 0.15) is 40.7 Å². The van der Waals surface area contributed by atoms with E-state index in [2.05, 4.69) is 6.07 Å². The molecular weight excluding hydrogens is 292 g/mol. The first-order valence-electron chi connectivity index (χ1n) is 7.58. The number of nitriles is 1. The van der Waals surface area contributed by atoms with E-state index >= 15 is 0 Å². The van der Waals surface area contributed by atoms with Gasteiger partial charge < -0.3 is 9.67 Å². The molecule has 1 saturated carbocycles. The van der Waals surface area contributed by atoms with Crippen LogP contribution < -0.4 is 5.43 Å². The summed E-state index contributed by atoms with van der Waals surface area (Å²) < 4.78 is 1.98. The molecule has 0 atom stereocenters. The first kappa shape index (κ1) is 13.8. The molecule has 0 amide bonds. The maximum absolute atomic E-state index is 12.1. The van der Waals surface area contributed by atoms with Crippen molar-refractivity contribution in [2.24, 2.45) is 0 Å². The number of hydrogen-bond acceptors (Lipinski definition) is 3. The zero-order chi connectivity index (χ0) is 16.2. The molecule has 2 heterocycles. The number of aromatic carboxylic acids is 1. The molecule has 1 spiro atoms. The molecule has 114 valence electrons. The lowest BCUT2D eigenvalue weighted by molar-refractivity contribution is 0.0691. The van der Waals surface area contributed by atoms with Crippen molar-refractivity contribution in [3.8, 4) is 17.3 Å². The number of benzene rings is 1. The number of hydrogen-bond donors (Lipinski definition) is 1. The Balaban J connectivity index is 2.02. The number of carbonyl (C=O) groups is 1. The molecule has 1 aliphatic heterocycles. The summed E-state index contributed by atoms with van der Waals surface area (Å²) in [6, 6.07) is 9.05. The van der Waals surface area contributed by atoms with E-state index in [0.29, 0.717) is 5.56 Å². The minimum Gasteiger partial charge on any atom is -0.477 e. The van der Waals surface area contributed by atoms with E-state index in [1.54, 1.807) is 6.07 Å². The summed E-state index contributed by atoms with van der Waals surface area (Å²) in [5.74, 6) is -1.19. The van der Waals surface area contributed by atoms with Gasteiger partial charge in [0, 0.05) is 23.4 Å². The van der Waals surface area contributed by atoms with Crippen LogP contribution in [0.3, 0.4) is 0 Å². The second-order valence-electron chi connectivity index (χ2n) is 6.35. The predicted octanol–water partition coefficient (Wildman–Crippen LogP) is 2.52. The van der Waals surface area contributed by atoms with Crippen molar-refractivity contribution in [3.05, 3.63) is 57.4 Å². The molecule has 1 fully saturated rings. The van der Waals surface area contributed by atoms with E-state index in [0.717, 1.165) is 42.5 Å². The van der Waals surface area contributed by atoms with Crippen LogP contribution in [0.5, 0.6) is 0 Å². The van der Waals surface area contributed by atoms with Crippen LogP contribution in [0.4, 0.5) is 0 Å². The van der Waals surface area contributed by atoms with Crippen molar-refractivity contribution < 1.29 is 9.90 Å². The zero-order valence-electron chi connectivity index (χ0n) is 12.4. The molecule has 1 aromatic carbocycles. The Hall–Kier alpha value is -2.87. The van der Waals surface area contributed by atoms with Crippen LogP contribution in [-0.2, 0) is 12.0 Å². The van der Waals surface area contributed by atoms with Gasteiger partial charge in [-0.05, 0) is 43.4 Å². The number of fused-ring (bicyclic) bond motifs is 4. The van der Waals surface area contributed by atoms with Gasteiger partial charge in [0.2, 0.25) is 0 Å². The first-order chi connectivity index (χ1) is 11.0. The van der Waals surface area contributed by atoms with Crippen molar-refractivity contribution >= 4 is 5.97 Å². The Kier molecular flexibility index (Phi) is 2.73. The molecule has 1 N–H and O–H groups in total. The van der Waals surface area contributed by atoms with Gasteiger partial charge in [-0.1, -0.05) is 6.07 Å². The van der Waals surface area contributed by atoms with Crippen LogP contribution in [0.15, 0.2) is 35.3 Å². The highest BCUT2D eigenvalue weighted by Crippen LogP contribution is 2.48. The molecule has 5 heteroatoms. The van der Waals surface area contributed by atoms with E-state index in [4.69, 9.17) is 5.26 Å². The summed E-state index contributed by atoms with van der Waals surface area (Å²) in [4.78, 5) is 23.4. The van der Waals surface area contributed by atoms with Crippen LogP contribution >= 0.6 is 0 Å². The van der Waals surface area contributed by atoms with E-state index in [1.165, 1.54) is 12.3 Å². The van der Waals surface area contributed by atoms with Crippen molar-refractivity contribution in [1.82, 2.24) is 4.57 Å². The Labute approximate surface area is 132 Å². The Morgan fingerprint density at radius 2 is 2.09 bits per heavy atom. The molecule has 1 aromatic heterocycles. The summed E-state index contributed by atoms with van der Waals surface area (Å²) in [7, 11) is 0. The van der Waals surface area contributed by atoms with E-state index in [9.17, 15) is 14.7 Å². The molecule has 0 radical (unpaired) electrons. The normalized spacial score (nSPS) is 16.8. The highest BCUT2D eigenvalue weighted by molar-refractivity contribution is 5.87. The average molecular weight is 306 g/mol. The van der Waals surface area contributed by atoms with Crippen molar-refractivity contribution in [1.29, 1.82) is 5.26 Å². The van der Waals surface area contributed by atoms with Crippen LogP contribution in [0.2, 0.25) is 0 Å². The minimum atomic E-state index is -1.19. The maximum atomic E-state index is 12.1. The van der Waals surface area contributed by atoms with E-state index < -0.39 is 11.4 Å². The van der Waals surface area contributed by atoms with Crippen LogP contribution in [0, 0.1) is 11.3 Å². The Morgan fingerprint density at radius 3 is 2.70 bits per heavy atom. The van der Waals surface area contributed by atoms with Gasteiger partial charge in [-0.25, -0.2) is 4.79 Å². The molecule has 1 aliphatic carbocycles. The molecule has 2 aliphatic rings. The molecule has 0 bridgehead atoms. The number of nitrogens with zero attached hydrogens (tertiary/aromatic N) is 2. The van der Waals surface area contributed by atoms with Crippen molar-refractivity contribution in [2.75, 3.05) is 0 Å². The quantitative estimate of drug-likeness (QED) is 0.877. The minimum absolute atomic E-state index is 0.158. The van der Waals surface area contributed by atoms with Gasteiger partial charge in [-0.2, -0.15) is 5.26 Å². The summed E-state index contributed by atoms with van der Waals surface area (Å²) >= 11 is 0. The van der Waals surface area contributed by atoms with Gasteiger partial charge in [0.25, 0.3) is 0 Å². The lowest BCUT2D eigenvalue weighted by Gasteiger charge is -2.48. The zero-order valence-corrected chi connectivity index (χ0v) is 12.4. The molecule has 2 aromatic rings. The van der Waals surface area contributed by atoms with E-state index in [-0.39, 0.29) is 11.1 Å². The second-order valence-corrected chi connectivity index (χ2v) is 6.35. The number of rotatable bonds is 1. The number of pyridine rings is 1. The largest absolute Gasteiger partial charge is 0.477 e. The Bertz CT molecular complexity index is 946. The SMILES string of the molecule is N#Cc1ccc2c(c1)CC1(CCC1)n1cc(C(=O)O)c(=O)cc1-2. The molecule has 0 saturated heterocycles. The standard InChI is InChI=1S/C18H14N2O3/c19-9-11-2-3-13-12(6-11)8-18(4-1-5-18)20-10-14(17(22)23)16(21)7-15(13)20/h2-3,6-7,10H,1,4-5,8H2,(H,22,23). The monoisotopic (exact) mass is 306 g/mol. The third-order valence-corrected chi connectivity index (χ3v) is 5.11. The molecular formula is C18H14N2O3. The highest BCUT2D eigenvalue weighted by atomic mass is 16.4. The summed E-state index contributed by atoms with van der Waals surface area (Å²) in [5, 5.41) is 18.3. The number of aromatic nitrogens is 1. The van der Waals surface area contributed by atoms with Gasteiger partial charge in [0.05, 0.1) is 17.3 Å². The fraction of sp³-hybridized carbons (Fsp3) is 0.278. The Morgan fingerprint density at radius 1 is 1.30 bits per heavy atom. The van der Waals surface area contributed by atoms with Crippen molar-refractivity contribution in [2.45, 2.75) is 31.2 Å². The fourth-order valence-corrected chi connectivity index (χ4v) is 3.80. The van der Waals surface area contributed by atoms with Gasteiger partial charge in [0.15, 0.2) is 5.43 Å². The lowest BCUT2D eigenvalue weighted by Crippen LogP contribution is -2.46. The predicted molar refractivity (Wildman–Crippen MR) is 83.3 cm³/mol. The highest BCUT2D eigenvalue weighted by Gasteiger charge is 2.43. The second kappa shape index (κ2) is 4.56. The maximum Gasteiger partial charge on any atom is 0.341 e. The summed E-state index contributed by atoms with van der Waals surface area (Å²) in [6.07, 6.45) is 5.27. The van der Waals surface area contributed by atoms with Crippen LogP contribution in [-0.4, -0.2) is 15.6 Å². The van der Waals surface area contributed by atoms with Gasteiger partial charge in [-0.3, -0.25) is 4.79 Å². The van der Waals surface area contributed by atoms with Gasteiger partial charge >= 0.3 is 5.97 Å². The van der Waals surface area contributed by atoms with Gasteiger partial charge in [-0.15, -0.1) is 0 Å². The number of carboxylic acid groups (broad SMARTS) is 1. The lowest BCUT2D eigenvalue weighted by atomic mass is 9.69. The molecule has 0 unspecified atom stereocenters. The summed E-state index contributed by atoms with van der Waals surface area (Å²) in [5.41, 5.74) is 2.52. The third-order valence-electron chi connectivity index (χ3n) is 5.11. The fourth-order valence-electron chi connectivity index (χ4n) is 3.80. The number of carboxylic acids is 1. The molecule has 23 heavy (non-hydrogen) atoms. The molecule has 4 rings (SSSR count).